The third-order valence-corrected chi connectivity index (χ3v) is 4.66. The SMILES string of the molecule is CC(C)CCCCCCCCCC(=O)N(C)CCCC(=O)C(C)C. The number of hydrogen-bond acceptors (Lipinski definition) is 2. The van der Waals surface area contributed by atoms with Crippen LogP contribution in [0.1, 0.15) is 98.3 Å². The number of unbranched alkanes of at least 4 members (excludes halogenated alkanes) is 6. The van der Waals surface area contributed by atoms with Crippen LogP contribution in [0.15, 0.2) is 0 Å². The number of carbonyl (C=O) groups is 2. The maximum atomic E-state index is 12.0. The van der Waals surface area contributed by atoms with Gasteiger partial charge < -0.3 is 4.90 Å². The summed E-state index contributed by atoms with van der Waals surface area (Å²) in [6.45, 7) is 9.14. The van der Waals surface area contributed by atoms with Crippen LogP contribution in [0.2, 0.25) is 0 Å². The minimum atomic E-state index is 0.108. The first-order valence-corrected chi connectivity index (χ1v) is 10.1. The van der Waals surface area contributed by atoms with Gasteiger partial charge in [0.2, 0.25) is 5.91 Å². The maximum absolute atomic E-state index is 12.0. The van der Waals surface area contributed by atoms with E-state index in [1.54, 1.807) is 4.90 Å². The molecule has 0 aromatic rings. The largest absolute Gasteiger partial charge is 0.346 e. The molecule has 0 spiro atoms. The topological polar surface area (TPSA) is 37.4 Å². The summed E-state index contributed by atoms with van der Waals surface area (Å²) in [7, 11) is 1.86. The Balaban J connectivity index is 3.49. The number of hydrogen-bond donors (Lipinski definition) is 0. The molecule has 0 bridgehead atoms. The monoisotopic (exact) mass is 339 g/mol. The van der Waals surface area contributed by atoms with Crippen LogP contribution in [0.5, 0.6) is 0 Å². The van der Waals surface area contributed by atoms with Gasteiger partial charge in [0, 0.05) is 32.4 Å². The van der Waals surface area contributed by atoms with Crippen molar-refractivity contribution in [1.29, 1.82) is 0 Å². The molecule has 3 heteroatoms. The molecule has 0 rings (SSSR count). The van der Waals surface area contributed by atoms with Gasteiger partial charge in [-0.15, -0.1) is 0 Å². The first kappa shape index (κ1) is 23.1. The molecule has 0 aliphatic carbocycles. The Morgan fingerprint density at radius 1 is 0.750 bits per heavy atom. The molecule has 0 N–H and O–H groups in total. The molecular weight excluding hydrogens is 298 g/mol. The van der Waals surface area contributed by atoms with Gasteiger partial charge in [-0.25, -0.2) is 0 Å². The number of nitrogens with zero attached hydrogens (tertiary/aromatic N) is 1. The van der Waals surface area contributed by atoms with E-state index in [-0.39, 0.29) is 11.8 Å². The van der Waals surface area contributed by atoms with Crippen LogP contribution in [0.4, 0.5) is 0 Å². The van der Waals surface area contributed by atoms with E-state index in [0.29, 0.717) is 25.2 Å². The Bertz CT molecular complexity index is 337. The fraction of sp³-hybridized carbons (Fsp3) is 0.905. The Morgan fingerprint density at radius 2 is 1.29 bits per heavy atom. The number of carbonyl (C=O) groups excluding carboxylic acids is 2. The first-order valence-electron chi connectivity index (χ1n) is 10.1. The smallest absolute Gasteiger partial charge is 0.222 e. The lowest BCUT2D eigenvalue weighted by Crippen LogP contribution is -2.28. The minimum absolute atomic E-state index is 0.108. The third-order valence-electron chi connectivity index (χ3n) is 4.66. The molecule has 0 aromatic heterocycles. The Kier molecular flexibility index (Phi) is 14.0. The molecule has 0 heterocycles. The highest BCUT2D eigenvalue weighted by atomic mass is 16.2. The second-order valence-corrected chi connectivity index (χ2v) is 7.95. The molecule has 0 radical (unpaired) electrons. The van der Waals surface area contributed by atoms with Crippen molar-refractivity contribution in [1.82, 2.24) is 4.90 Å². The van der Waals surface area contributed by atoms with Crippen molar-refractivity contribution < 1.29 is 9.59 Å². The molecule has 0 unspecified atom stereocenters. The van der Waals surface area contributed by atoms with E-state index in [2.05, 4.69) is 13.8 Å². The van der Waals surface area contributed by atoms with E-state index in [0.717, 1.165) is 25.2 Å². The molecule has 0 aliphatic heterocycles. The Morgan fingerprint density at radius 3 is 1.83 bits per heavy atom. The average molecular weight is 340 g/mol. The summed E-state index contributed by atoms with van der Waals surface area (Å²) in [4.78, 5) is 25.4. The van der Waals surface area contributed by atoms with Crippen molar-refractivity contribution in [2.75, 3.05) is 13.6 Å². The highest BCUT2D eigenvalue weighted by Gasteiger charge is 2.10. The van der Waals surface area contributed by atoms with Gasteiger partial charge in [0.25, 0.3) is 0 Å². The van der Waals surface area contributed by atoms with Crippen LogP contribution in [0, 0.1) is 11.8 Å². The van der Waals surface area contributed by atoms with E-state index >= 15 is 0 Å². The van der Waals surface area contributed by atoms with Gasteiger partial charge in [0.15, 0.2) is 0 Å². The summed E-state index contributed by atoms with van der Waals surface area (Å²) in [6, 6.07) is 0. The second-order valence-electron chi connectivity index (χ2n) is 7.95. The van der Waals surface area contributed by atoms with Crippen LogP contribution in [0.3, 0.4) is 0 Å². The quantitative estimate of drug-likeness (QED) is 0.363. The molecule has 0 aliphatic rings. The van der Waals surface area contributed by atoms with Crippen LogP contribution >= 0.6 is 0 Å². The highest BCUT2D eigenvalue weighted by Crippen LogP contribution is 2.13. The van der Waals surface area contributed by atoms with E-state index in [4.69, 9.17) is 0 Å². The summed E-state index contributed by atoms with van der Waals surface area (Å²) >= 11 is 0. The van der Waals surface area contributed by atoms with Crippen LogP contribution in [-0.4, -0.2) is 30.2 Å². The fourth-order valence-electron chi connectivity index (χ4n) is 2.81. The molecule has 24 heavy (non-hydrogen) atoms. The van der Waals surface area contributed by atoms with Crippen molar-refractivity contribution >= 4 is 11.7 Å². The molecule has 1 amide bonds. The standard InChI is InChI=1S/C21H41NO2/c1-18(2)14-11-9-7-6-8-10-12-16-21(24)22(5)17-13-15-20(23)19(3)4/h18-19H,6-17H2,1-5H3. The summed E-state index contributed by atoms with van der Waals surface area (Å²) in [5, 5.41) is 0. The predicted molar refractivity (Wildman–Crippen MR) is 103 cm³/mol. The number of amides is 1. The number of Topliss-reactive ketones (excluding diaryl/α,β-unsaturated/α-hetero) is 1. The van der Waals surface area contributed by atoms with Gasteiger partial charge in [-0.1, -0.05) is 72.6 Å². The second kappa shape index (κ2) is 14.5. The van der Waals surface area contributed by atoms with Gasteiger partial charge in [0.05, 0.1) is 0 Å². The first-order chi connectivity index (χ1) is 11.3. The molecule has 0 saturated carbocycles. The summed E-state index contributed by atoms with van der Waals surface area (Å²) in [6.07, 6.45) is 12.2. The average Bonchev–Trinajstić information content (AvgIpc) is 2.52. The van der Waals surface area contributed by atoms with E-state index < -0.39 is 0 Å². The van der Waals surface area contributed by atoms with Crippen LogP contribution in [0.25, 0.3) is 0 Å². The van der Waals surface area contributed by atoms with Crippen molar-refractivity contribution in [3.8, 4) is 0 Å². The minimum Gasteiger partial charge on any atom is -0.346 e. The van der Waals surface area contributed by atoms with E-state index in [1.807, 2.05) is 20.9 Å². The summed E-state index contributed by atoms with van der Waals surface area (Å²) < 4.78 is 0. The van der Waals surface area contributed by atoms with Gasteiger partial charge in [0.1, 0.15) is 5.78 Å². The normalized spacial score (nSPS) is 11.3. The highest BCUT2D eigenvalue weighted by molar-refractivity contribution is 5.80. The molecule has 142 valence electrons. The molecule has 0 atom stereocenters. The van der Waals surface area contributed by atoms with Crippen molar-refractivity contribution in [3.63, 3.8) is 0 Å². The number of rotatable bonds is 15. The molecule has 0 saturated heterocycles. The van der Waals surface area contributed by atoms with Crippen molar-refractivity contribution in [2.24, 2.45) is 11.8 Å². The Hall–Kier alpha value is -0.860. The van der Waals surface area contributed by atoms with Gasteiger partial charge in [-0.05, 0) is 18.8 Å². The lowest BCUT2D eigenvalue weighted by molar-refractivity contribution is -0.130. The predicted octanol–water partition coefficient (Wildman–Crippen LogP) is 5.62. The summed E-state index contributed by atoms with van der Waals surface area (Å²) in [5.41, 5.74) is 0. The number of ketones is 1. The molecule has 0 fully saturated rings. The molecular formula is C21H41NO2. The van der Waals surface area contributed by atoms with Gasteiger partial charge in [-0.2, -0.15) is 0 Å². The van der Waals surface area contributed by atoms with Gasteiger partial charge in [-0.3, -0.25) is 9.59 Å². The van der Waals surface area contributed by atoms with Crippen LogP contribution in [-0.2, 0) is 9.59 Å². The Labute approximate surface area is 150 Å². The fourth-order valence-corrected chi connectivity index (χ4v) is 2.81. The lowest BCUT2D eigenvalue weighted by Gasteiger charge is -2.17. The van der Waals surface area contributed by atoms with Gasteiger partial charge >= 0.3 is 0 Å². The molecule has 0 aromatic carbocycles. The van der Waals surface area contributed by atoms with E-state index in [1.165, 1.54) is 38.5 Å². The van der Waals surface area contributed by atoms with Crippen LogP contribution < -0.4 is 0 Å². The van der Waals surface area contributed by atoms with E-state index in [9.17, 15) is 9.59 Å². The summed E-state index contributed by atoms with van der Waals surface area (Å²) in [5.74, 6) is 1.46. The van der Waals surface area contributed by atoms with Crippen molar-refractivity contribution in [2.45, 2.75) is 98.3 Å². The molecule has 3 nitrogen and oxygen atoms in total. The maximum Gasteiger partial charge on any atom is 0.222 e. The third kappa shape index (κ3) is 13.6. The lowest BCUT2D eigenvalue weighted by atomic mass is 10.0. The zero-order chi connectivity index (χ0) is 18.4. The zero-order valence-electron chi connectivity index (χ0n) is 16.9. The van der Waals surface area contributed by atoms with Crippen molar-refractivity contribution in [3.05, 3.63) is 0 Å². The zero-order valence-corrected chi connectivity index (χ0v) is 16.9.